The summed E-state index contributed by atoms with van der Waals surface area (Å²) < 4.78 is 8.51. The van der Waals surface area contributed by atoms with Crippen molar-refractivity contribution in [1.82, 2.24) is 5.32 Å². The Bertz CT molecular complexity index is 162. The second-order valence-corrected chi connectivity index (χ2v) is 3.26. The number of nitrogens with zero attached hydrogens (tertiary/aromatic N) is 2. The van der Waals surface area contributed by atoms with Crippen LogP contribution in [0.15, 0.2) is 8.76 Å². The Morgan fingerprint density at radius 1 is 1.78 bits per heavy atom. The molecule has 1 unspecified atom stereocenters. The molecule has 0 fully saturated rings. The standard InChI is InChI=1S/C5H11N3S/c1-6-3-5-4-7-9(2)8-5/h6H,3-4H2,1-2H3. The van der Waals surface area contributed by atoms with E-state index in [0.29, 0.717) is 0 Å². The van der Waals surface area contributed by atoms with E-state index in [1.54, 1.807) is 0 Å². The van der Waals surface area contributed by atoms with Crippen LogP contribution in [0, 0.1) is 0 Å². The maximum Gasteiger partial charge on any atom is 0.0881 e. The molecule has 1 N–H and O–H groups in total. The highest BCUT2D eigenvalue weighted by molar-refractivity contribution is 7.85. The van der Waals surface area contributed by atoms with Gasteiger partial charge < -0.3 is 5.32 Å². The summed E-state index contributed by atoms with van der Waals surface area (Å²) in [6.45, 7) is 1.72. The van der Waals surface area contributed by atoms with Crippen molar-refractivity contribution in [2.75, 3.05) is 26.4 Å². The summed E-state index contributed by atoms with van der Waals surface area (Å²) in [5.74, 6) is 0. The maximum absolute atomic E-state index is 4.29. The van der Waals surface area contributed by atoms with Gasteiger partial charge in [0.2, 0.25) is 0 Å². The number of rotatable bonds is 2. The molecule has 0 saturated carbocycles. The minimum Gasteiger partial charge on any atom is -0.314 e. The Hall–Kier alpha value is -0.220. The van der Waals surface area contributed by atoms with Crippen LogP contribution >= 0.6 is 0 Å². The van der Waals surface area contributed by atoms with E-state index < -0.39 is 0 Å². The molecule has 1 heterocycles. The summed E-state index contributed by atoms with van der Waals surface area (Å²) in [6, 6.07) is 0. The monoisotopic (exact) mass is 145 g/mol. The van der Waals surface area contributed by atoms with Crippen molar-refractivity contribution in [2.45, 2.75) is 0 Å². The second kappa shape index (κ2) is 3.08. The van der Waals surface area contributed by atoms with Crippen LogP contribution in [-0.2, 0) is 10.9 Å². The highest BCUT2D eigenvalue weighted by Crippen LogP contribution is 1.96. The molecule has 0 amide bonds. The van der Waals surface area contributed by atoms with Crippen LogP contribution in [-0.4, -0.2) is 32.1 Å². The van der Waals surface area contributed by atoms with Crippen molar-refractivity contribution in [2.24, 2.45) is 8.76 Å². The number of hydrogen-bond acceptors (Lipinski definition) is 3. The summed E-state index contributed by atoms with van der Waals surface area (Å²) in [6.07, 6.45) is 2.03. The molecule has 0 radical (unpaired) electrons. The summed E-state index contributed by atoms with van der Waals surface area (Å²) in [5.41, 5.74) is 1.18. The third-order valence-corrected chi connectivity index (χ3v) is 2.10. The Kier molecular flexibility index (Phi) is 2.36. The summed E-state index contributed by atoms with van der Waals surface area (Å²) in [4.78, 5) is 0. The molecule has 1 rings (SSSR count). The third kappa shape index (κ3) is 1.87. The van der Waals surface area contributed by atoms with Gasteiger partial charge in [0.25, 0.3) is 0 Å². The highest BCUT2D eigenvalue weighted by atomic mass is 32.2. The summed E-state index contributed by atoms with van der Waals surface area (Å²) in [5, 5.41) is 3.04. The van der Waals surface area contributed by atoms with Crippen molar-refractivity contribution in [3.63, 3.8) is 0 Å². The Labute approximate surface area is 57.8 Å². The quantitative estimate of drug-likeness (QED) is 0.583. The lowest BCUT2D eigenvalue weighted by Crippen LogP contribution is -2.19. The van der Waals surface area contributed by atoms with Crippen molar-refractivity contribution in [1.29, 1.82) is 0 Å². The fraction of sp³-hybridized carbons (Fsp3) is 0.800. The van der Waals surface area contributed by atoms with Crippen LogP contribution < -0.4 is 5.32 Å². The summed E-state index contributed by atoms with van der Waals surface area (Å²) in [7, 11) is 1.89. The van der Waals surface area contributed by atoms with Gasteiger partial charge >= 0.3 is 0 Å². The van der Waals surface area contributed by atoms with Gasteiger partial charge in [0.15, 0.2) is 0 Å². The van der Waals surface area contributed by atoms with Gasteiger partial charge in [-0.05, 0) is 7.05 Å². The summed E-state index contributed by atoms with van der Waals surface area (Å²) >= 11 is 0. The van der Waals surface area contributed by atoms with Crippen molar-refractivity contribution in [3.8, 4) is 0 Å². The van der Waals surface area contributed by atoms with Gasteiger partial charge in [0.05, 0.1) is 12.3 Å². The van der Waals surface area contributed by atoms with E-state index in [1.807, 2.05) is 13.3 Å². The number of nitrogens with one attached hydrogen (secondary N) is 1. The lowest BCUT2D eigenvalue weighted by Gasteiger charge is -1.92. The Morgan fingerprint density at radius 3 is 3.00 bits per heavy atom. The fourth-order valence-corrected chi connectivity index (χ4v) is 1.59. The van der Waals surface area contributed by atoms with Crippen LogP contribution in [0.25, 0.3) is 0 Å². The van der Waals surface area contributed by atoms with Gasteiger partial charge in [-0.25, -0.2) is 8.76 Å². The van der Waals surface area contributed by atoms with Crippen LogP contribution in [0.4, 0.5) is 0 Å². The third-order valence-electron chi connectivity index (χ3n) is 1.08. The molecule has 0 bridgehead atoms. The zero-order valence-electron chi connectivity index (χ0n) is 5.72. The molecule has 3 nitrogen and oxygen atoms in total. The van der Waals surface area contributed by atoms with Crippen molar-refractivity contribution < 1.29 is 0 Å². The molecule has 1 atom stereocenters. The fourth-order valence-electron chi connectivity index (χ4n) is 0.705. The minimum absolute atomic E-state index is 0.0314. The van der Waals surface area contributed by atoms with Gasteiger partial charge in [-0.2, -0.15) is 0 Å². The number of hydrogen-bond donors (Lipinski definition) is 1. The van der Waals surface area contributed by atoms with Crippen molar-refractivity contribution in [3.05, 3.63) is 0 Å². The van der Waals surface area contributed by atoms with E-state index >= 15 is 0 Å². The molecule has 0 aromatic rings. The van der Waals surface area contributed by atoms with Gasteiger partial charge in [0, 0.05) is 23.7 Å². The molecule has 1 aliphatic rings. The normalized spacial score (nSPS) is 25.6. The van der Waals surface area contributed by atoms with Crippen molar-refractivity contribution >= 4 is 16.6 Å². The second-order valence-electron chi connectivity index (χ2n) is 1.92. The first-order valence-corrected chi connectivity index (χ1v) is 4.42. The average molecular weight is 145 g/mol. The zero-order chi connectivity index (χ0) is 6.69. The first-order chi connectivity index (χ1) is 4.33. The Balaban J connectivity index is 2.41. The molecule has 0 spiro atoms. The molecule has 0 aliphatic carbocycles. The molecule has 4 heteroatoms. The van der Waals surface area contributed by atoms with E-state index in [-0.39, 0.29) is 10.9 Å². The SMILES string of the molecule is CNCC1=NS(C)=NC1. The predicted molar refractivity (Wildman–Crippen MR) is 41.9 cm³/mol. The first kappa shape index (κ1) is 6.89. The maximum atomic E-state index is 4.29. The largest absolute Gasteiger partial charge is 0.314 e. The predicted octanol–water partition coefficient (Wildman–Crippen LogP) is 0.00710. The molecule has 0 saturated heterocycles. The van der Waals surface area contributed by atoms with Crippen LogP contribution in [0.5, 0.6) is 0 Å². The molecule has 0 aromatic carbocycles. The van der Waals surface area contributed by atoms with E-state index in [4.69, 9.17) is 0 Å². The smallest absolute Gasteiger partial charge is 0.0881 e. The van der Waals surface area contributed by atoms with Crippen LogP contribution in [0.2, 0.25) is 0 Å². The van der Waals surface area contributed by atoms with Crippen LogP contribution in [0.1, 0.15) is 0 Å². The van der Waals surface area contributed by atoms with E-state index in [1.165, 1.54) is 5.71 Å². The van der Waals surface area contributed by atoms with E-state index in [0.717, 1.165) is 13.1 Å². The zero-order valence-corrected chi connectivity index (χ0v) is 6.53. The molecule has 1 aliphatic heterocycles. The molecule has 52 valence electrons. The van der Waals surface area contributed by atoms with Gasteiger partial charge in [-0.15, -0.1) is 0 Å². The first-order valence-electron chi connectivity index (χ1n) is 2.87. The van der Waals surface area contributed by atoms with E-state index in [2.05, 4.69) is 14.1 Å². The van der Waals surface area contributed by atoms with Crippen LogP contribution in [0.3, 0.4) is 0 Å². The topological polar surface area (TPSA) is 36.8 Å². The molecular weight excluding hydrogens is 134 g/mol. The van der Waals surface area contributed by atoms with Gasteiger partial charge in [-0.1, -0.05) is 0 Å². The molecular formula is C5H11N3S. The lowest BCUT2D eigenvalue weighted by atomic mass is 10.4. The molecule has 9 heavy (non-hydrogen) atoms. The lowest BCUT2D eigenvalue weighted by molar-refractivity contribution is 0.939. The molecule has 0 aromatic heterocycles. The van der Waals surface area contributed by atoms with Gasteiger partial charge in [0.1, 0.15) is 0 Å². The minimum atomic E-state index is -0.0314. The highest BCUT2D eigenvalue weighted by Gasteiger charge is 2.02. The van der Waals surface area contributed by atoms with E-state index in [9.17, 15) is 0 Å². The van der Waals surface area contributed by atoms with Gasteiger partial charge in [-0.3, -0.25) is 0 Å². The average Bonchev–Trinajstić information content (AvgIpc) is 2.17. The Morgan fingerprint density at radius 2 is 2.56 bits per heavy atom.